The summed E-state index contributed by atoms with van der Waals surface area (Å²) in [4.78, 5) is 30.8. The van der Waals surface area contributed by atoms with Crippen LogP contribution in [0.4, 0.5) is 10.2 Å². The highest BCUT2D eigenvalue weighted by Crippen LogP contribution is 2.39. The molecule has 2 aromatic rings. The first-order chi connectivity index (χ1) is 12.9. The summed E-state index contributed by atoms with van der Waals surface area (Å²) in [5, 5.41) is 13.0. The number of halogens is 2. The summed E-state index contributed by atoms with van der Waals surface area (Å²) in [6.07, 6.45) is 4.13. The highest BCUT2D eigenvalue weighted by atomic mass is 35.5. The van der Waals surface area contributed by atoms with Gasteiger partial charge < -0.3 is 19.9 Å². The number of aryl methyl sites for hydroxylation is 1. The van der Waals surface area contributed by atoms with Crippen molar-refractivity contribution in [3.63, 3.8) is 0 Å². The number of carboxylic acid groups (broad SMARTS) is 1. The summed E-state index contributed by atoms with van der Waals surface area (Å²) in [5.41, 5.74) is -0.419. The van der Waals surface area contributed by atoms with E-state index in [2.05, 4.69) is 17.2 Å². The average Bonchev–Trinajstić information content (AvgIpc) is 3.28. The van der Waals surface area contributed by atoms with E-state index in [1.54, 1.807) is 11.5 Å². The molecule has 2 N–H and O–H groups in total. The Morgan fingerprint density at radius 2 is 2.11 bits per heavy atom. The third-order valence-corrected chi connectivity index (χ3v) is 6.18. The lowest BCUT2D eigenvalue weighted by molar-refractivity contribution is 0.0695. The van der Waals surface area contributed by atoms with Crippen LogP contribution in [0.2, 0.25) is 0 Å². The Kier molecular flexibility index (Phi) is 4.39. The van der Waals surface area contributed by atoms with E-state index < -0.39 is 17.2 Å². The molecule has 1 saturated carbocycles. The summed E-state index contributed by atoms with van der Waals surface area (Å²) in [5.74, 6) is -1.54. The van der Waals surface area contributed by atoms with Gasteiger partial charge in [0.05, 0.1) is 5.39 Å². The highest BCUT2D eigenvalue weighted by Gasteiger charge is 2.44. The zero-order valence-electron chi connectivity index (χ0n) is 15.6. The number of hydrogen-bond acceptors (Lipinski definition) is 5. The van der Waals surface area contributed by atoms with Crippen molar-refractivity contribution in [3.05, 3.63) is 33.4 Å². The normalized spacial score (nSPS) is 26.0. The average molecular weight is 409 g/mol. The molecule has 1 aliphatic carbocycles. The smallest absolute Gasteiger partial charge is 0.341 e. The quantitative estimate of drug-likeness (QED) is 0.809. The summed E-state index contributed by atoms with van der Waals surface area (Å²) in [6.45, 7) is 4.32. The standard InChI is InChI=1S/C19H21FN4O3.ClH/c1-8-14-16(25)12(19(26)27)7-23(11-3-4-11)17(14)22-18(15(8)20)24-6-10-5-13(24)9(2)21-10;/h7,9-11,13,21H,3-6H2,1-2H3,(H,26,27);1H/t9-,10+,13+;/m0./s1. The largest absolute Gasteiger partial charge is 0.477 e. The third kappa shape index (κ3) is 2.62. The van der Waals surface area contributed by atoms with E-state index in [4.69, 9.17) is 0 Å². The van der Waals surface area contributed by atoms with Gasteiger partial charge in [-0.1, -0.05) is 0 Å². The molecule has 2 aromatic heterocycles. The van der Waals surface area contributed by atoms with Crippen LogP contribution in [-0.2, 0) is 0 Å². The Bertz CT molecular complexity index is 1050. The summed E-state index contributed by atoms with van der Waals surface area (Å²) >= 11 is 0. The van der Waals surface area contributed by atoms with E-state index in [0.29, 0.717) is 18.2 Å². The molecule has 28 heavy (non-hydrogen) atoms. The molecule has 3 atom stereocenters. The van der Waals surface area contributed by atoms with Gasteiger partial charge in [0, 0.05) is 42.5 Å². The minimum Gasteiger partial charge on any atom is -0.477 e. The molecule has 2 saturated heterocycles. The Morgan fingerprint density at radius 1 is 1.39 bits per heavy atom. The van der Waals surface area contributed by atoms with Crippen molar-refractivity contribution in [1.29, 1.82) is 0 Å². The number of pyridine rings is 2. The molecule has 9 heteroatoms. The lowest BCUT2D eigenvalue weighted by atomic mass is 10.1. The maximum atomic E-state index is 15.3. The second kappa shape index (κ2) is 6.42. The first kappa shape index (κ1) is 19.1. The van der Waals surface area contributed by atoms with Crippen molar-refractivity contribution < 1.29 is 14.3 Å². The fraction of sp³-hybridized carbons (Fsp3) is 0.526. The van der Waals surface area contributed by atoms with Crippen LogP contribution in [0.5, 0.6) is 0 Å². The van der Waals surface area contributed by atoms with Crippen molar-refractivity contribution >= 4 is 35.2 Å². The predicted molar refractivity (Wildman–Crippen MR) is 105 cm³/mol. The number of aromatic carboxylic acids is 1. The highest BCUT2D eigenvalue weighted by molar-refractivity contribution is 5.93. The number of carboxylic acids is 1. The number of aromatic nitrogens is 2. The van der Waals surface area contributed by atoms with Gasteiger partial charge in [0.1, 0.15) is 11.2 Å². The minimum absolute atomic E-state index is 0. The van der Waals surface area contributed by atoms with Crippen molar-refractivity contribution in [2.75, 3.05) is 11.4 Å². The van der Waals surface area contributed by atoms with Gasteiger partial charge in [-0.3, -0.25) is 4.79 Å². The van der Waals surface area contributed by atoms with Gasteiger partial charge in [0.25, 0.3) is 0 Å². The lowest BCUT2D eigenvalue weighted by Gasteiger charge is -2.33. The molecule has 0 unspecified atom stereocenters. The van der Waals surface area contributed by atoms with Gasteiger partial charge in [-0.15, -0.1) is 12.4 Å². The Hall–Kier alpha value is -2.19. The van der Waals surface area contributed by atoms with Gasteiger partial charge in [-0.2, -0.15) is 0 Å². The van der Waals surface area contributed by atoms with E-state index in [1.165, 1.54) is 6.20 Å². The van der Waals surface area contributed by atoms with Crippen LogP contribution in [0.1, 0.15) is 48.1 Å². The van der Waals surface area contributed by atoms with Crippen LogP contribution in [0.25, 0.3) is 11.0 Å². The number of carbonyl (C=O) groups is 1. The summed E-state index contributed by atoms with van der Waals surface area (Å²) < 4.78 is 17.0. The van der Waals surface area contributed by atoms with Gasteiger partial charge >= 0.3 is 5.97 Å². The molecule has 3 aliphatic rings. The Morgan fingerprint density at radius 3 is 2.68 bits per heavy atom. The van der Waals surface area contributed by atoms with Crippen molar-refractivity contribution in [3.8, 4) is 0 Å². The number of nitrogens with zero attached hydrogens (tertiary/aromatic N) is 3. The second-order valence-electron chi connectivity index (χ2n) is 8.00. The van der Waals surface area contributed by atoms with Crippen LogP contribution < -0.4 is 15.6 Å². The van der Waals surface area contributed by atoms with Gasteiger partial charge in [-0.05, 0) is 33.1 Å². The molecular formula is C19H22ClFN4O3. The van der Waals surface area contributed by atoms with E-state index in [-0.39, 0.29) is 52.9 Å². The fourth-order valence-electron chi connectivity index (χ4n) is 4.66. The maximum absolute atomic E-state index is 15.3. The molecule has 150 valence electrons. The molecule has 0 radical (unpaired) electrons. The van der Waals surface area contributed by atoms with E-state index >= 15 is 4.39 Å². The van der Waals surface area contributed by atoms with Crippen molar-refractivity contribution in [1.82, 2.24) is 14.9 Å². The number of anilines is 1. The monoisotopic (exact) mass is 408 g/mol. The third-order valence-electron chi connectivity index (χ3n) is 6.18. The molecule has 4 heterocycles. The number of fused-ring (bicyclic) bond motifs is 3. The van der Waals surface area contributed by atoms with Crippen LogP contribution in [0, 0.1) is 12.7 Å². The minimum atomic E-state index is -1.29. The van der Waals surface area contributed by atoms with E-state index in [9.17, 15) is 14.7 Å². The number of hydrogen-bond donors (Lipinski definition) is 2. The molecule has 3 fully saturated rings. The van der Waals surface area contributed by atoms with Gasteiger partial charge in [0.2, 0.25) is 5.43 Å². The molecule has 7 nitrogen and oxygen atoms in total. The van der Waals surface area contributed by atoms with Crippen molar-refractivity contribution in [2.45, 2.75) is 57.3 Å². The lowest BCUT2D eigenvalue weighted by Crippen LogP contribution is -2.50. The zero-order chi connectivity index (χ0) is 19.0. The molecule has 0 aromatic carbocycles. The molecule has 5 rings (SSSR count). The van der Waals surface area contributed by atoms with Gasteiger partial charge in [0.15, 0.2) is 11.6 Å². The van der Waals surface area contributed by atoms with E-state index in [0.717, 1.165) is 19.3 Å². The molecule has 2 bridgehead atoms. The van der Waals surface area contributed by atoms with Crippen LogP contribution in [-0.4, -0.2) is 45.3 Å². The zero-order valence-corrected chi connectivity index (χ0v) is 16.4. The molecule has 2 aliphatic heterocycles. The summed E-state index contributed by atoms with van der Waals surface area (Å²) in [7, 11) is 0. The summed E-state index contributed by atoms with van der Waals surface area (Å²) in [6, 6.07) is 0.864. The first-order valence-electron chi connectivity index (χ1n) is 9.37. The molecule has 0 amide bonds. The van der Waals surface area contributed by atoms with Crippen LogP contribution >= 0.6 is 12.4 Å². The predicted octanol–water partition coefficient (Wildman–Crippen LogP) is 2.24. The topological polar surface area (TPSA) is 87.5 Å². The maximum Gasteiger partial charge on any atom is 0.341 e. The number of piperazine rings is 1. The number of rotatable bonds is 3. The Balaban J connectivity index is 0.00000192. The second-order valence-corrected chi connectivity index (χ2v) is 8.00. The number of nitrogens with one attached hydrogen (secondary N) is 1. The molecule has 0 spiro atoms. The van der Waals surface area contributed by atoms with E-state index in [1.807, 2.05) is 4.90 Å². The van der Waals surface area contributed by atoms with Crippen LogP contribution in [0.15, 0.2) is 11.0 Å². The van der Waals surface area contributed by atoms with Crippen molar-refractivity contribution in [2.24, 2.45) is 0 Å². The van der Waals surface area contributed by atoms with Gasteiger partial charge in [-0.25, -0.2) is 14.2 Å². The van der Waals surface area contributed by atoms with Crippen LogP contribution in [0.3, 0.4) is 0 Å². The molecular weight excluding hydrogens is 387 g/mol. The fourth-order valence-corrected chi connectivity index (χ4v) is 4.66. The first-order valence-corrected chi connectivity index (χ1v) is 9.37. The SMILES string of the molecule is Cc1c(F)c(N2C[C@H]3C[C@@H]2[C@H](C)N3)nc2c1c(=O)c(C(=O)O)cn2C1CC1.Cl. The Labute approximate surface area is 167 Å².